The second kappa shape index (κ2) is 7.06. The van der Waals surface area contributed by atoms with Crippen molar-refractivity contribution < 1.29 is 0 Å². The second-order valence-electron chi connectivity index (χ2n) is 4.86. The van der Waals surface area contributed by atoms with Crippen LogP contribution in [0, 0.1) is 10.5 Å². The van der Waals surface area contributed by atoms with Gasteiger partial charge in [-0.15, -0.1) is 0 Å². The first-order valence-corrected chi connectivity index (χ1v) is 7.84. The van der Waals surface area contributed by atoms with Gasteiger partial charge in [-0.1, -0.05) is 48.9 Å². The Kier molecular flexibility index (Phi) is 5.40. The molecule has 19 heavy (non-hydrogen) atoms. The van der Waals surface area contributed by atoms with Crippen LogP contribution in [0.2, 0.25) is 0 Å². The summed E-state index contributed by atoms with van der Waals surface area (Å²) >= 11 is 2.37. The maximum absolute atomic E-state index is 3.65. The Balaban J connectivity index is 2.35. The van der Waals surface area contributed by atoms with E-state index in [2.05, 4.69) is 90.3 Å². The summed E-state index contributed by atoms with van der Waals surface area (Å²) < 4.78 is 1.28. The summed E-state index contributed by atoms with van der Waals surface area (Å²) in [5.41, 5.74) is 3.99. The van der Waals surface area contributed by atoms with Gasteiger partial charge >= 0.3 is 0 Å². The van der Waals surface area contributed by atoms with Gasteiger partial charge in [0, 0.05) is 3.57 Å². The molecule has 0 bridgehead atoms. The predicted molar refractivity (Wildman–Crippen MR) is 90.5 cm³/mol. The summed E-state index contributed by atoms with van der Waals surface area (Å²) in [6.07, 6.45) is 1.15. The summed E-state index contributed by atoms with van der Waals surface area (Å²) in [5, 5.41) is 3.65. The minimum atomic E-state index is 0.287. The van der Waals surface area contributed by atoms with E-state index in [4.69, 9.17) is 0 Å². The summed E-state index contributed by atoms with van der Waals surface area (Å²) in [7, 11) is 0. The van der Waals surface area contributed by atoms with Crippen LogP contribution in [0.3, 0.4) is 0 Å². The van der Waals surface area contributed by atoms with Crippen molar-refractivity contribution in [1.29, 1.82) is 0 Å². The number of hydrogen-bond donors (Lipinski definition) is 1. The predicted octanol–water partition coefficient (Wildman–Crippen LogP) is 4.69. The van der Waals surface area contributed by atoms with Crippen LogP contribution in [0.25, 0.3) is 0 Å². The number of halogens is 1. The van der Waals surface area contributed by atoms with Gasteiger partial charge in [-0.3, -0.25) is 0 Å². The zero-order chi connectivity index (χ0) is 13.7. The van der Waals surface area contributed by atoms with E-state index in [-0.39, 0.29) is 6.04 Å². The molecule has 1 N–H and O–H groups in total. The molecule has 0 heterocycles. The molecule has 0 radical (unpaired) electrons. The highest BCUT2D eigenvalue weighted by molar-refractivity contribution is 14.1. The smallest absolute Gasteiger partial charge is 0.0577 e. The Hall–Kier alpha value is -0.870. The minimum Gasteiger partial charge on any atom is -0.306 e. The van der Waals surface area contributed by atoms with Gasteiger partial charge in [-0.2, -0.15) is 0 Å². The molecule has 100 valence electrons. The van der Waals surface area contributed by atoms with Crippen LogP contribution < -0.4 is 5.32 Å². The Morgan fingerprint density at radius 1 is 1.05 bits per heavy atom. The molecule has 0 saturated carbocycles. The van der Waals surface area contributed by atoms with Crippen LogP contribution in [0.4, 0.5) is 0 Å². The molecular weight excluding hydrogens is 345 g/mol. The third kappa shape index (κ3) is 4.05. The number of rotatable bonds is 5. The van der Waals surface area contributed by atoms with Crippen molar-refractivity contribution in [2.45, 2.75) is 26.3 Å². The summed E-state index contributed by atoms with van der Waals surface area (Å²) in [6, 6.07) is 17.8. The molecule has 0 saturated heterocycles. The normalized spacial score (nSPS) is 12.4. The van der Waals surface area contributed by atoms with Crippen LogP contribution in [0.15, 0.2) is 48.5 Å². The average molecular weight is 365 g/mol. The molecule has 0 aliphatic rings. The first kappa shape index (κ1) is 14.5. The molecule has 1 atom stereocenters. The van der Waals surface area contributed by atoms with E-state index in [1.165, 1.54) is 20.3 Å². The molecule has 1 nitrogen and oxygen atoms in total. The standard InChI is InChI=1S/C17H20IN/c1-3-10-19-17(14-7-4-6-13(2)11-14)15-8-5-9-16(18)12-15/h4-9,11-12,17,19H,3,10H2,1-2H3. The minimum absolute atomic E-state index is 0.287. The Labute approximate surface area is 129 Å². The maximum Gasteiger partial charge on any atom is 0.0577 e. The zero-order valence-corrected chi connectivity index (χ0v) is 13.6. The number of hydrogen-bond acceptors (Lipinski definition) is 1. The highest BCUT2D eigenvalue weighted by Crippen LogP contribution is 2.24. The van der Waals surface area contributed by atoms with Crippen LogP contribution in [0.5, 0.6) is 0 Å². The molecule has 0 aromatic heterocycles. The molecule has 0 amide bonds. The molecule has 1 unspecified atom stereocenters. The van der Waals surface area contributed by atoms with E-state index < -0.39 is 0 Å². The summed E-state index contributed by atoms with van der Waals surface area (Å²) in [6.45, 7) is 5.38. The average Bonchev–Trinajstić information content (AvgIpc) is 2.39. The maximum atomic E-state index is 3.65. The van der Waals surface area contributed by atoms with E-state index in [1.54, 1.807) is 0 Å². The molecule has 0 aliphatic heterocycles. The first-order chi connectivity index (χ1) is 9.20. The van der Waals surface area contributed by atoms with Crippen molar-refractivity contribution in [3.05, 3.63) is 68.8 Å². The van der Waals surface area contributed by atoms with Gasteiger partial charge in [0.15, 0.2) is 0 Å². The lowest BCUT2D eigenvalue weighted by Crippen LogP contribution is -2.23. The molecule has 2 aromatic rings. The van der Waals surface area contributed by atoms with Gasteiger partial charge in [-0.25, -0.2) is 0 Å². The van der Waals surface area contributed by atoms with Gasteiger partial charge < -0.3 is 5.32 Å². The van der Waals surface area contributed by atoms with Crippen LogP contribution in [0.1, 0.15) is 36.1 Å². The number of benzene rings is 2. The van der Waals surface area contributed by atoms with Crippen LogP contribution in [-0.2, 0) is 0 Å². The van der Waals surface area contributed by atoms with Gasteiger partial charge in [0.2, 0.25) is 0 Å². The lowest BCUT2D eigenvalue weighted by molar-refractivity contribution is 0.598. The third-order valence-electron chi connectivity index (χ3n) is 3.16. The molecule has 2 heteroatoms. The lowest BCUT2D eigenvalue weighted by Gasteiger charge is -2.20. The zero-order valence-electron chi connectivity index (χ0n) is 11.5. The summed E-state index contributed by atoms with van der Waals surface area (Å²) in [5.74, 6) is 0. The van der Waals surface area contributed by atoms with E-state index in [0.717, 1.165) is 13.0 Å². The Morgan fingerprint density at radius 3 is 2.37 bits per heavy atom. The van der Waals surface area contributed by atoms with Crippen LogP contribution in [-0.4, -0.2) is 6.54 Å². The van der Waals surface area contributed by atoms with E-state index in [0.29, 0.717) is 0 Å². The molecule has 0 spiro atoms. The molecule has 0 fully saturated rings. The molecule has 2 rings (SSSR count). The Morgan fingerprint density at radius 2 is 1.74 bits per heavy atom. The van der Waals surface area contributed by atoms with Crippen LogP contribution >= 0.6 is 22.6 Å². The number of nitrogens with one attached hydrogen (secondary N) is 1. The van der Waals surface area contributed by atoms with Crippen molar-refractivity contribution in [3.63, 3.8) is 0 Å². The van der Waals surface area contributed by atoms with Gasteiger partial charge in [0.25, 0.3) is 0 Å². The van der Waals surface area contributed by atoms with Gasteiger partial charge in [0.05, 0.1) is 6.04 Å². The van der Waals surface area contributed by atoms with Crippen molar-refractivity contribution in [2.75, 3.05) is 6.54 Å². The quantitative estimate of drug-likeness (QED) is 0.759. The van der Waals surface area contributed by atoms with Crippen molar-refractivity contribution >= 4 is 22.6 Å². The fraction of sp³-hybridized carbons (Fsp3) is 0.294. The van der Waals surface area contributed by atoms with E-state index in [1.807, 2.05) is 0 Å². The summed E-state index contributed by atoms with van der Waals surface area (Å²) in [4.78, 5) is 0. The SMILES string of the molecule is CCCNC(c1cccc(C)c1)c1cccc(I)c1. The van der Waals surface area contributed by atoms with E-state index in [9.17, 15) is 0 Å². The first-order valence-electron chi connectivity index (χ1n) is 6.76. The highest BCUT2D eigenvalue weighted by atomic mass is 127. The highest BCUT2D eigenvalue weighted by Gasteiger charge is 2.13. The van der Waals surface area contributed by atoms with Gasteiger partial charge in [0.1, 0.15) is 0 Å². The largest absolute Gasteiger partial charge is 0.306 e. The Bertz CT molecular complexity index is 491. The monoisotopic (exact) mass is 365 g/mol. The second-order valence-corrected chi connectivity index (χ2v) is 6.10. The molecular formula is C17H20IN. The van der Waals surface area contributed by atoms with Crippen molar-refractivity contribution in [2.24, 2.45) is 0 Å². The lowest BCUT2D eigenvalue weighted by atomic mass is 9.97. The topological polar surface area (TPSA) is 12.0 Å². The van der Waals surface area contributed by atoms with Gasteiger partial charge in [-0.05, 0) is 65.7 Å². The number of aryl methyl sites for hydroxylation is 1. The molecule has 2 aromatic carbocycles. The van der Waals surface area contributed by atoms with Crippen molar-refractivity contribution in [1.82, 2.24) is 5.32 Å². The molecule has 0 aliphatic carbocycles. The fourth-order valence-corrected chi connectivity index (χ4v) is 2.82. The fourth-order valence-electron chi connectivity index (χ4n) is 2.25. The third-order valence-corrected chi connectivity index (χ3v) is 3.83. The van der Waals surface area contributed by atoms with Crippen molar-refractivity contribution in [3.8, 4) is 0 Å². The van der Waals surface area contributed by atoms with E-state index >= 15 is 0 Å².